The van der Waals surface area contributed by atoms with Crippen molar-refractivity contribution in [3.8, 4) is 0 Å². The summed E-state index contributed by atoms with van der Waals surface area (Å²) in [7, 11) is 0. The van der Waals surface area contributed by atoms with Crippen molar-refractivity contribution in [2.75, 3.05) is 0 Å². The van der Waals surface area contributed by atoms with Crippen LogP contribution in [0.3, 0.4) is 0 Å². The van der Waals surface area contributed by atoms with Gasteiger partial charge in [0.25, 0.3) is 0 Å². The number of hydrogen-bond donors (Lipinski definition) is 1. The number of rotatable bonds is 3. The van der Waals surface area contributed by atoms with E-state index in [2.05, 4.69) is 36.5 Å². The van der Waals surface area contributed by atoms with Crippen LogP contribution in [0.2, 0.25) is 0 Å². The molecule has 4 fully saturated rings. The van der Waals surface area contributed by atoms with Crippen molar-refractivity contribution < 1.29 is 4.79 Å². The topological polar surface area (TPSA) is 29.1 Å². The van der Waals surface area contributed by atoms with Crippen LogP contribution in [0.25, 0.3) is 6.08 Å². The summed E-state index contributed by atoms with van der Waals surface area (Å²) in [6.07, 6.45) is 10.5. The number of carbonyl (C=O) groups excluding carboxylic acids is 1. The van der Waals surface area contributed by atoms with Crippen LogP contribution in [-0.4, -0.2) is 11.9 Å². The average Bonchev–Trinajstić information content (AvgIpc) is 2.50. The maximum Gasteiger partial charge on any atom is 0.244 e. The molecule has 0 radical (unpaired) electrons. The van der Waals surface area contributed by atoms with E-state index in [0.29, 0.717) is 6.04 Å². The zero-order chi connectivity index (χ0) is 15.1. The van der Waals surface area contributed by atoms with Crippen LogP contribution < -0.4 is 5.32 Å². The predicted octanol–water partition coefficient (Wildman–Crippen LogP) is 3.95. The molecule has 1 N–H and O–H groups in total. The molecule has 2 nitrogen and oxygen atoms in total. The molecule has 0 atom stereocenters. The van der Waals surface area contributed by atoms with E-state index in [1.54, 1.807) is 6.08 Å². The maximum absolute atomic E-state index is 12.3. The van der Waals surface area contributed by atoms with E-state index in [1.165, 1.54) is 37.7 Å². The Balaban J connectivity index is 1.39. The lowest BCUT2D eigenvalue weighted by Crippen LogP contribution is -2.55. The fraction of sp³-hybridized carbons (Fsp3) is 0.550. The molecule has 0 heterocycles. The number of amides is 1. The number of benzene rings is 1. The summed E-state index contributed by atoms with van der Waals surface area (Å²) in [5.74, 6) is 3.48. The lowest BCUT2D eigenvalue weighted by atomic mass is 9.54. The molecule has 0 aliphatic heterocycles. The van der Waals surface area contributed by atoms with E-state index >= 15 is 0 Å². The highest BCUT2D eigenvalue weighted by Gasteiger charge is 2.48. The van der Waals surface area contributed by atoms with Gasteiger partial charge in [-0.15, -0.1) is 0 Å². The molecular weight excluding hydrogens is 270 g/mol. The molecular formula is C20H25NO. The molecule has 0 spiro atoms. The summed E-state index contributed by atoms with van der Waals surface area (Å²) >= 11 is 0. The Hall–Kier alpha value is -1.57. The molecule has 2 heteroatoms. The highest BCUT2D eigenvalue weighted by molar-refractivity contribution is 5.92. The Morgan fingerprint density at radius 1 is 1.00 bits per heavy atom. The summed E-state index contributed by atoms with van der Waals surface area (Å²) in [5.41, 5.74) is 2.33. The Morgan fingerprint density at radius 3 is 2.18 bits per heavy atom. The molecule has 1 aromatic rings. The van der Waals surface area contributed by atoms with Crippen LogP contribution in [0, 0.1) is 30.6 Å². The smallest absolute Gasteiger partial charge is 0.244 e. The molecule has 4 saturated carbocycles. The molecule has 4 bridgehead atoms. The molecule has 1 aromatic carbocycles. The SMILES string of the molecule is Cc1ccc(/C=C/C(=O)NC2C3CC4CC(C3)CC2C4)cc1. The second-order valence-corrected chi connectivity index (χ2v) is 7.71. The Bertz CT molecular complexity index is 558. The van der Waals surface area contributed by atoms with Gasteiger partial charge in [-0.3, -0.25) is 4.79 Å². The molecule has 116 valence electrons. The van der Waals surface area contributed by atoms with Crippen LogP contribution in [-0.2, 0) is 4.79 Å². The highest BCUT2D eigenvalue weighted by atomic mass is 16.1. The van der Waals surface area contributed by atoms with Crippen molar-refractivity contribution in [1.82, 2.24) is 5.32 Å². The minimum absolute atomic E-state index is 0.0815. The normalized spacial score (nSPS) is 36.0. The lowest BCUT2D eigenvalue weighted by Gasteiger charge is -2.54. The van der Waals surface area contributed by atoms with Gasteiger partial charge in [-0.2, -0.15) is 0 Å². The monoisotopic (exact) mass is 295 g/mol. The Morgan fingerprint density at radius 2 is 1.59 bits per heavy atom. The fourth-order valence-corrected chi connectivity index (χ4v) is 5.22. The first-order chi connectivity index (χ1) is 10.7. The summed E-state index contributed by atoms with van der Waals surface area (Å²) in [4.78, 5) is 12.3. The Labute approximate surface area is 133 Å². The zero-order valence-corrected chi connectivity index (χ0v) is 13.3. The van der Waals surface area contributed by atoms with Crippen molar-refractivity contribution >= 4 is 12.0 Å². The van der Waals surface area contributed by atoms with Crippen LogP contribution in [0.4, 0.5) is 0 Å². The van der Waals surface area contributed by atoms with Gasteiger partial charge in [0, 0.05) is 12.1 Å². The summed E-state index contributed by atoms with van der Waals surface area (Å²) in [6.45, 7) is 2.08. The van der Waals surface area contributed by atoms with Crippen molar-refractivity contribution in [2.24, 2.45) is 23.7 Å². The third kappa shape index (κ3) is 2.71. The number of nitrogens with one attached hydrogen (secondary N) is 1. The molecule has 22 heavy (non-hydrogen) atoms. The van der Waals surface area contributed by atoms with Gasteiger partial charge in [0.15, 0.2) is 0 Å². The average molecular weight is 295 g/mol. The molecule has 0 unspecified atom stereocenters. The molecule has 4 aliphatic carbocycles. The summed E-state index contributed by atoms with van der Waals surface area (Å²) in [5, 5.41) is 3.32. The van der Waals surface area contributed by atoms with Crippen LogP contribution in [0.1, 0.15) is 43.2 Å². The van der Waals surface area contributed by atoms with Crippen LogP contribution >= 0.6 is 0 Å². The second-order valence-electron chi connectivity index (χ2n) is 7.71. The largest absolute Gasteiger partial charge is 0.349 e. The molecule has 0 saturated heterocycles. The lowest BCUT2D eigenvalue weighted by molar-refractivity contribution is -0.120. The summed E-state index contributed by atoms with van der Waals surface area (Å²) in [6, 6.07) is 8.71. The third-order valence-corrected chi connectivity index (χ3v) is 6.04. The van der Waals surface area contributed by atoms with Crippen LogP contribution in [0.15, 0.2) is 30.3 Å². The van der Waals surface area contributed by atoms with E-state index in [-0.39, 0.29) is 5.91 Å². The van der Waals surface area contributed by atoms with Crippen molar-refractivity contribution in [1.29, 1.82) is 0 Å². The van der Waals surface area contributed by atoms with Crippen molar-refractivity contribution in [3.63, 3.8) is 0 Å². The van der Waals surface area contributed by atoms with Gasteiger partial charge in [-0.05, 0) is 74.3 Å². The summed E-state index contributed by atoms with van der Waals surface area (Å²) < 4.78 is 0. The van der Waals surface area contributed by atoms with E-state index in [4.69, 9.17) is 0 Å². The van der Waals surface area contributed by atoms with Gasteiger partial charge in [-0.25, -0.2) is 0 Å². The van der Waals surface area contributed by atoms with Gasteiger partial charge in [-0.1, -0.05) is 29.8 Å². The Kier molecular flexibility index (Phi) is 3.56. The van der Waals surface area contributed by atoms with Crippen molar-refractivity contribution in [3.05, 3.63) is 41.5 Å². The molecule has 5 rings (SSSR count). The van der Waals surface area contributed by atoms with Gasteiger partial charge < -0.3 is 5.32 Å². The maximum atomic E-state index is 12.3. The van der Waals surface area contributed by atoms with E-state index in [1.807, 2.05) is 6.08 Å². The first kappa shape index (κ1) is 14.0. The van der Waals surface area contributed by atoms with Crippen LogP contribution in [0.5, 0.6) is 0 Å². The van der Waals surface area contributed by atoms with E-state index in [0.717, 1.165) is 29.2 Å². The van der Waals surface area contributed by atoms with Gasteiger partial charge >= 0.3 is 0 Å². The quantitative estimate of drug-likeness (QED) is 0.841. The number of carbonyl (C=O) groups is 1. The first-order valence-corrected chi connectivity index (χ1v) is 8.72. The minimum Gasteiger partial charge on any atom is -0.349 e. The van der Waals surface area contributed by atoms with Gasteiger partial charge in [0.1, 0.15) is 0 Å². The zero-order valence-electron chi connectivity index (χ0n) is 13.3. The number of hydrogen-bond acceptors (Lipinski definition) is 1. The molecule has 0 aromatic heterocycles. The van der Waals surface area contributed by atoms with E-state index in [9.17, 15) is 4.79 Å². The molecule has 4 aliphatic rings. The first-order valence-electron chi connectivity index (χ1n) is 8.72. The highest BCUT2D eigenvalue weighted by Crippen LogP contribution is 2.53. The standard InChI is InChI=1S/C20H25NO/c1-13-2-4-14(5-3-13)6-7-19(22)21-20-17-9-15-8-16(11-17)12-18(20)10-15/h2-7,15-18,20H,8-12H2,1H3,(H,21,22)/b7-6+. The molecule has 1 amide bonds. The van der Waals surface area contributed by atoms with Gasteiger partial charge in [0.05, 0.1) is 0 Å². The van der Waals surface area contributed by atoms with Crippen molar-refractivity contribution in [2.45, 2.75) is 45.1 Å². The third-order valence-electron chi connectivity index (χ3n) is 6.04. The minimum atomic E-state index is 0.0815. The van der Waals surface area contributed by atoms with Gasteiger partial charge in [0.2, 0.25) is 5.91 Å². The van der Waals surface area contributed by atoms with E-state index < -0.39 is 0 Å². The predicted molar refractivity (Wildman–Crippen MR) is 89.2 cm³/mol. The number of aryl methyl sites for hydroxylation is 1. The second kappa shape index (κ2) is 5.57. The fourth-order valence-electron chi connectivity index (χ4n) is 5.22.